The Hall–Kier alpha value is -1.42. The quantitative estimate of drug-likeness (QED) is 0.847. The van der Waals surface area contributed by atoms with Gasteiger partial charge in [0.1, 0.15) is 5.82 Å². The van der Waals surface area contributed by atoms with Crippen molar-refractivity contribution in [1.82, 2.24) is 0 Å². The van der Waals surface area contributed by atoms with Crippen LogP contribution in [0.1, 0.15) is 31.2 Å². The van der Waals surface area contributed by atoms with Gasteiger partial charge in [-0.15, -0.1) is 0 Å². The van der Waals surface area contributed by atoms with Gasteiger partial charge in [0, 0.05) is 23.2 Å². The van der Waals surface area contributed by atoms with Crippen LogP contribution in [0.25, 0.3) is 0 Å². The predicted molar refractivity (Wildman–Crippen MR) is 69.7 cm³/mol. The molecule has 4 heteroatoms. The van der Waals surface area contributed by atoms with E-state index in [1.165, 1.54) is 6.07 Å². The molecule has 0 aliphatic heterocycles. The first kappa shape index (κ1) is 13.0. The van der Waals surface area contributed by atoms with Crippen molar-refractivity contribution in [1.29, 1.82) is 0 Å². The first-order chi connectivity index (χ1) is 8.58. The third-order valence-corrected chi connectivity index (χ3v) is 3.67. The van der Waals surface area contributed by atoms with Crippen LogP contribution in [0.5, 0.6) is 0 Å². The normalized spacial score (nSPS) is 23.7. The average Bonchev–Trinajstić information content (AvgIpc) is 2.36. The number of nitrogens with one attached hydrogen (secondary N) is 1. The van der Waals surface area contributed by atoms with Crippen LogP contribution in [0.2, 0.25) is 0 Å². The van der Waals surface area contributed by atoms with Gasteiger partial charge in [-0.05, 0) is 44.7 Å². The summed E-state index contributed by atoms with van der Waals surface area (Å²) < 4.78 is 13.4. The molecule has 18 heavy (non-hydrogen) atoms. The zero-order chi connectivity index (χ0) is 13.1. The summed E-state index contributed by atoms with van der Waals surface area (Å²) in [7, 11) is 0. The van der Waals surface area contributed by atoms with Crippen LogP contribution < -0.4 is 11.1 Å². The third kappa shape index (κ3) is 2.88. The molecule has 0 saturated heterocycles. The van der Waals surface area contributed by atoms with E-state index in [4.69, 9.17) is 5.73 Å². The Balaban J connectivity index is 2.01. The maximum atomic E-state index is 13.4. The lowest BCUT2D eigenvalue weighted by molar-refractivity contribution is -0.120. The van der Waals surface area contributed by atoms with Gasteiger partial charge in [-0.1, -0.05) is 6.07 Å². The van der Waals surface area contributed by atoms with Crippen molar-refractivity contribution >= 4 is 11.6 Å². The molecule has 3 N–H and O–H groups in total. The van der Waals surface area contributed by atoms with E-state index in [1.54, 1.807) is 19.1 Å². The van der Waals surface area contributed by atoms with E-state index >= 15 is 0 Å². The zero-order valence-corrected chi connectivity index (χ0v) is 10.6. The van der Waals surface area contributed by atoms with Gasteiger partial charge < -0.3 is 11.1 Å². The third-order valence-electron chi connectivity index (χ3n) is 3.67. The number of carbonyl (C=O) groups excluding carboxylic acids is 1. The van der Waals surface area contributed by atoms with Gasteiger partial charge in [-0.3, -0.25) is 4.79 Å². The second-order valence-electron chi connectivity index (χ2n) is 5.01. The van der Waals surface area contributed by atoms with Gasteiger partial charge in [0.05, 0.1) is 0 Å². The first-order valence-electron chi connectivity index (χ1n) is 6.39. The molecule has 1 aliphatic carbocycles. The maximum absolute atomic E-state index is 13.4. The molecule has 0 spiro atoms. The van der Waals surface area contributed by atoms with E-state index < -0.39 is 0 Å². The molecule has 0 unspecified atom stereocenters. The average molecular weight is 250 g/mol. The van der Waals surface area contributed by atoms with Gasteiger partial charge in [0.2, 0.25) is 5.91 Å². The fourth-order valence-electron chi connectivity index (χ4n) is 2.36. The molecule has 0 bridgehead atoms. The van der Waals surface area contributed by atoms with E-state index in [0.717, 1.165) is 25.7 Å². The smallest absolute Gasteiger partial charge is 0.227 e. The minimum absolute atomic E-state index is 0.00691. The highest BCUT2D eigenvalue weighted by Crippen LogP contribution is 2.25. The first-order valence-corrected chi connectivity index (χ1v) is 6.39. The molecular formula is C14H19FN2O. The molecule has 2 rings (SSSR count). The number of hydrogen-bond acceptors (Lipinski definition) is 2. The van der Waals surface area contributed by atoms with Crippen LogP contribution in [-0.2, 0) is 4.79 Å². The summed E-state index contributed by atoms with van der Waals surface area (Å²) >= 11 is 0. The minimum Gasteiger partial charge on any atom is -0.328 e. The molecule has 1 aromatic carbocycles. The lowest BCUT2D eigenvalue weighted by atomic mass is 9.86. The Labute approximate surface area is 107 Å². The van der Waals surface area contributed by atoms with E-state index in [2.05, 4.69) is 5.32 Å². The van der Waals surface area contributed by atoms with E-state index in [1.807, 2.05) is 0 Å². The van der Waals surface area contributed by atoms with Crippen molar-refractivity contribution < 1.29 is 9.18 Å². The lowest BCUT2D eigenvalue weighted by Crippen LogP contribution is -2.32. The molecule has 0 heterocycles. The topological polar surface area (TPSA) is 55.1 Å². The lowest BCUT2D eigenvalue weighted by Gasteiger charge is -2.25. The molecule has 0 atom stereocenters. The molecule has 1 fully saturated rings. The largest absolute Gasteiger partial charge is 0.328 e. The summed E-state index contributed by atoms with van der Waals surface area (Å²) in [5, 5.41) is 2.82. The van der Waals surface area contributed by atoms with Crippen LogP contribution in [0.3, 0.4) is 0 Å². The summed E-state index contributed by atoms with van der Waals surface area (Å²) in [4.78, 5) is 12.1. The monoisotopic (exact) mass is 250 g/mol. The van der Waals surface area contributed by atoms with Crippen LogP contribution in [0.4, 0.5) is 10.1 Å². The summed E-state index contributed by atoms with van der Waals surface area (Å²) in [6.07, 6.45) is 3.42. The second kappa shape index (κ2) is 5.48. The fraction of sp³-hybridized carbons (Fsp3) is 0.500. The number of carbonyl (C=O) groups is 1. The van der Waals surface area contributed by atoms with Gasteiger partial charge in [-0.25, -0.2) is 4.39 Å². The highest BCUT2D eigenvalue weighted by molar-refractivity contribution is 5.93. The Kier molecular flexibility index (Phi) is 3.97. The number of amides is 1. The molecule has 1 aromatic rings. The predicted octanol–water partition coefficient (Wildman–Crippen LogP) is 2.59. The number of halogens is 1. The number of anilines is 1. The highest BCUT2D eigenvalue weighted by atomic mass is 19.1. The molecular weight excluding hydrogens is 231 g/mol. The zero-order valence-electron chi connectivity index (χ0n) is 10.6. The van der Waals surface area contributed by atoms with E-state index in [9.17, 15) is 9.18 Å². The van der Waals surface area contributed by atoms with Crippen molar-refractivity contribution in [2.45, 2.75) is 38.6 Å². The van der Waals surface area contributed by atoms with Crippen molar-refractivity contribution in [2.75, 3.05) is 5.32 Å². The summed E-state index contributed by atoms with van der Waals surface area (Å²) in [6.45, 7) is 1.67. The standard InChI is InChI=1S/C14H19FN2O/c1-9-12(15)3-2-4-13(9)17-14(18)10-5-7-11(16)8-6-10/h2-4,10-11H,5-8,16H2,1H3,(H,17,18). The molecule has 98 valence electrons. The molecule has 0 radical (unpaired) electrons. The number of benzene rings is 1. The molecule has 0 aromatic heterocycles. The van der Waals surface area contributed by atoms with Crippen molar-refractivity contribution in [3.05, 3.63) is 29.6 Å². The summed E-state index contributed by atoms with van der Waals surface area (Å²) in [5.41, 5.74) is 6.86. The van der Waals surface area contributed by atoms with Gasteiger partial charge in [0.15, 0.2) is 0 Å². The van der Waals surface area contributed by atoms with Gasteiger partial charge in [-0.2, -0.15) is 0 Å². The SMILES string of the molecule is Cc1c(F)cccc1NC(=O)C1CCC(N)CC1. The molecule has 1 saturated carbocycles. The van der Waals surface area contributed by atoms with Crippen LogP contribution >= 0.6 is 0 Å². The van der Waals surface area contributed by atoms with Gasteiger partial charge >= 0.3 is 0 Å². The van der Waals surface area contributed by atoms with Crippen LogP contribution in [0.15, 0.2) is 18.2 Å². The number of hydrogen-bond donors (Lipinski definition) is 2. The van der Waals surface area contributed by atoms with E-state index in [-0.39, 0.29) is 23.7 Å². The van der Waals surface area contributed by atoms with Crippen LogP contribution in [0, 0.1) is 18.7 Å². The Morgan fingerprint density at radius 1 is 1.33 bits per heavy atom. The maximum Gasteiger partial charge on any atom is 0.227 e. The second-order valence-corrected chi connectivity index (χ2v) is 5.01. The summed E-state index contributed by atoms with van der Waals surface area (Å²) in [6, 6.07) is 4.95. The highest BCUT2D eigenvalue weighted by Gasteiger charge is 2.24. The van der Waals surface area contributed by atoms with Gasteiger partial charge in [0.25, 0.3) is 0 Å². The molecule has 1 aliphatic rings. The fourth-order valence-corrected chi connectivity index (χ4v) is 2.36. The van der Waals surface area contributed by atoms with E-state index in [0.29, 0.717) is 11.3 Å². The Morgan fingerprint density at radius 3 is 2.67 bits per heavy atom. The van der Waals surface area contributed by atoms with Crippen molar-refractivity contribution in [3.63, 3.8) is 0 Å². The number of rotatable bonds is 2. The van der Waals surface area contributed by atoms with Crippen molar-refractivity contribution in [3.8, 4) is 0 Å². The molecule has 3 nitrogen and oxygen atoms in total. The molecule has 1 amide bonds. The minimum atomic E-state index is -0.293. The van der Waals surface area contributed by atoms with Crippen molar-refractivity contribution in [2.24, 2.45) is 11.7 Å². The Morgan fingerprint density at radius 2 is 2.00 bits per heavy atom. The van der Waals surface area contributed by atoms with Crippen LogP contribution in [-0.4, -0.2) is 11.9 Å². The summed E-state index contributed by atoms with van der Waals surface area (Å²) in [5.74, 6) is -0.304. The Bertz CT molecular complexity index is 439. The number of nitrogens with two attached hydrogens (primary N) is 1.